The zero-order valence-electron chi connectivity index (χ0n) is 5.71. The minimum atomic E-state index is -0.433. The van der Waals surface area contributed by atoms with E-state index in [9.17, 15) is 10.1 Å². The number of hydrogen-bond donors (Lipinski definition) is 1. The Balaban J connectivity index is 2.73. The number of hydrogen-bond acceptors (Lipinski definition) is 2. The largest absolute Gasteiger partial charge is 0.358 e. The van der Waals surface area contributed by atoms with Gasteiger partial charge >= 0.3 is 5.82 Å². The predicted molar refractivity (Wildman–Crippen MR) is 44.9 cm³/mol. The Kier molecular flexibility index (Phi) is 2.64. The van der Waals surface area contributed by atoms with Crippen molar-refractivity contribution in [1.29, 1.82) is 0 Å². The normalized spacial score (nSPS) is 9.91. The second-order valence-corrected chi connectivity index (χ2v) is 2.86. The number of aromatic nitrogens is 1. The third-order valence-corrected chi connectivity index (χ3v) is 1.69. The summed E-state index contributed by atoms with van der Waals surface area (Å²) in [7, 11) is 0. The molecule has 1 rings (SSSR count). The molecule has 1 N–H and O–H groups in total. The molecule has 0 atom stereocenters. The van der Waals surface area contributed by atoms with Crippen LogP contribution in [0.5, 0.6) is 0 Å². The van der Waals surface area contributed by atoms with Gasteiger partial charge in [0.25, 0.3) is 0 Å². The van der Waals surface area contributed by atoms with Crippen molar-refractivity contribution in [3.05, 3.63) is 27.9 Å². The molecular formula is C6H7BrN2O2. The molecule has 1 aromatic rings. The van der Waals surface area contributed by atoms with Crippen molar-refractivity contribution in [1.82, 2.24) is 4.98 Å². The Morgan fingerprint density at radius 2 is 2.36 bits per heavy atom. The van der Waals surface area contributed by atoms with E-state index >= 15 is 0 Å². The third-order valence-electron chi connectivity index (χ3n) is 1.29. The third kappa shape index (κ3) is 2.04. The molecule has 0 aliphatic carbocycles. The summed E-state index contributed by atoms with van der Waals surface area (Å²) in [5, 5.41) is 11.0. The van der Waals surface area contributed by atoms with Crippen LogP contribution in [-0.2, 0) is 6.42 Å². The molecule has 0 aliphatic rings. The number of H-pyrrole nitrogens is 1. The van der Waals surface area contributed by atoms with E-state index in [1.165, 1.54) is 6.07 Å². The number of nitro groups is 1. The summed E-state index contributed by atoms with van der Waals surface area (Å²) in [6.07, 6.45) is 0.786. The molecule has 1 heterocycles. The van der Waals surface area contributed by atoms with Gasteiger partial charge in [0, 0.05) is 17.8 Å². The van der Waals surface area contributed by atoms with E-state index in [1.807, 2.05) is 0 Å². The van der Waals surface area contributed by atoms with E-state index in [0.717, 1.165) is 17.4 Å². The lowest BCUT2D eigenvalue weighted by Crippen LogP contribution is -1.89. The number of rotatable bonds is 3. The van der Waals surface area contributed by atoms with Gasteiger partial charge in [0.1, 0.15) is 5.69 Å². The molecule has 0 saturated heterocycles. The maximum Gasteiger partial charge on any atom is 0.321 e. The number of nitrogens with one attached hydrogen (secondary N) is 1. The Labute approximate surface area is 71.9 Å². The first-order chi connectivity index (χ1) is 5.24. The van der Waals surface area contributed by atoms with Crippen molar-refractivity contribution in [2.45, 2.75) is 6.42 Å². The van der Waals surface area contributed by atoms with Crippen LogP contribution in [-0.4, -0.2) is 15.2 Å². The maximum absolute atomic E-state index is 10.2. The van der Waals surface area contributed by atoms with Gasteiger partial charge in [-0.05, 0) is 11.0 Å². The summed E-state index contributed by atoms with van der Waals surface area (Å²) < 4.78 is 0. The average molecular weight is 219 g/mol. The first-order valence-corrected chi connectivity index (χ1v) is 4.24. The lowest BCUT2D eigenvalue weighted by atomic mass is 10.3. The van der Waals surface area contributed by atoms with Crippen LogP contribution in [0.25, 0.3) is 0 Å². The summed E-state index contributed by atoms with van der Waals surface area (Å²) in [6.45, 7) is 0. The molecule has 0 bridgehead atoms. The molecule has 0 fully saturated rings. The molecule has 5 heteroatoms. The number of halogens is 1. The maximum atomic E-state index is 10.2. The molecule has 0 aromatic carbocycles. The Hall–Kier alpha value is -0.840. The van der Waals surface area contributed by atoms with Crippen LogP contribution in [0.2, 0.25) is 0 Å². The minimum Gasteiger partial charge on any atom is -0.358 e. The van der Waals surface area contributed by atoms with Gasteiger partial charge in [0.2, 0.25) is 0 Å². The van der Waals surface area contributed by atoms with Crippen LogP contribution in [0.15, 0.2) is 12.1 Å². The van der Waals surface area contributed by atoms with Gasteiger partial charge in [0.05, 0.1) is 0 Å². The van der Waals surface area contributed by atoms with Gasteiger partial charge in [0.15, 0.2) is 0 Å². The lowest BCUT2D eigenvalue weighted by molar-refractivity contribution is -0.389. The minimum absolute atomic E-state index is 0.0564. The van der Waals surface area contributed by atoms with Crippen LogP contribution in [0, 0.1) is 10.1 Å². The zero-order chi connectivity index (χ0) is 8.27. The monoisotopic (exact) mass is 218 g/mol. The van der Waals surface area contributed by atoms with E-state index in [4.69, 9.17) is 0 Å². The van der Waals surface area contributed by atoms with E-state index in [2.05, 4.69) is 20.9 Å². The van der Waals surface area contributed by atoms with Crippen molar-refractivity contribution in [3.63, 3.8) is 0 Å². The van der Waals surface area contributed by atoms with Gasteiger partial charge in [-0.2, -0.15) is 0 Å². The second-order valence-electron chi connectivity index (χ2n) is 2.06. The second kappa shape index (κ2) is 3.52. The van der Waals surface area contributed by atoms with Crippen molar-refractivity contribution in [2.24, 2.45) is 0 Å². The summed E-state index contributed by atoms with van der Waals surface area (Å²) in [6, 6.07) is 3.19. The molecule has 0 unspecified atom stereocenters. The zero-order valence-corrected chi connectivity index (χ0v) is 7.30. The standard InChI is InChI=1S/C6H7BrN2O2/c7-4-3-5-1-2-6(8-5)9(10)11/h1-2,8H,3-4H2. The Morgan fingerprint density at radius 3 is 2.82 bits per heavy atom. The smallest absolute Gasteiger partial charge is 0.321 e. The number of aromatic amines is 1. The molecule has 0 saturated carbocycles. The van der Waals surface area contributed by atoms with Gasteiger partial charge in [-0.3, -0.25) is 0 Å². The molecule has 0 radical (unpaired) electrons. The molecule has 0 aliphatic heterocycles. The Morgan fingerprint density at radius 1 is 1.64 bits per heavy atom. The highest BCUT2D eigenvalue weighted by molar-refractivity contribution is 9.09. The van der Waals surface area contributed by atoms with Crippen molar-refractivity contribution >= 4 is 21.7 Å². The fourth-order valence-electron chi connectivity index (χ4n) is 0.781. The molecule has 0 amide bonds. The highest BCUT2D eigenvalue weighted by Gasteiger charge is 2.06. The van der Waals surface area contributed by atoms with E-state index in [0.29, 0.717) is 0 Å². The van der Waals surface area contributed by atoms with E-state index in [-0.39, 0.29) is 5.82 Å². The summed E-state index contributed by atoms with van der Waals surface area (Å²) in [5.74, 6) is 0.0564. The molecular weight excluding hydrogens is 212 g/mol. The van der Waals surface area contributed by atoms with Gasteiger partial charge in [-0.25, -0.2) is 4.98 Å². The fraction of sp³-hybridized carbons (Fsp3) is 0.333. The fourth-order valence-corrected chi connectivity index (χ4v) is 1.21. The van der Waals surface area contributed by atoms with Crippen LogP contribution in [0.1, 0.15) is 5.69 Å². The van der Waals surface area contributed by atoms with Gasteiger partial charge in [-0.1, -0.05) is 15.9 Å². The predicted octanol–water partition coefficient (Wildman–Crippen LogP) is 1.86. The summed E-state index contributed by atoms with van der Waals surface area (Å²) in [5.41, 5.74) is 0.883. The highest BCUT2D eigenvalue weighted by atomic mass is 79.9. The number of aryl methyl sites for hydroxylation is 1. The number of nitrogens with zero attached hydrogens (tertiary/aromatic N) is 1. The van der Waals surface area contributed by atoms with Crippen LogP contribution in [0.4, 0.5) is 5.82 Å². The van der Waals surface area contributed by atoms with E-state index in [1.54, 1.807) is 6.07 Å². The first kappa shape index (κ1) is 8.26. The highest BCUT2D eigenvalue weighted by Crippen LogP contribution is 2.10. The Bertz CT molecular complexity index is 259. The average Bonchev–Trinajstić information content (AvgIpc) is 2.37. The van der Waals surface area contributed by atoms with Gasteiger partial charge < -0.3 is 10.1 Å². The van der Waals surface area contributed by atoms with Crippen LogP contribution in [0.3, 0.4) is 0 Å². The van der Waals surface area contributed by atoms with Gasteiger partial charge in [-0.15, -0.1) is 0 Å². The molecule has 60 valence electrons. The first-order valence-electron chi connectivity index (χ1n) is 3.12. The van der Waals surface area contributed by atoms with Crippen LogP contribution >= 0.6 is 15.9 Å². The van der Waals surface area contributed by atoms with E-state index < -0.39 is 4.92 Å². The van der Waals surface area contributed by atoms with Crippen LogP contribution < -0.4 is 0 Å². The summed E-state index contributed by atoms with van der Waals surface area (Å²) >= 11 is 3.24. The lowest BCUT2D eigenvalue weighted by Gasteiger charge is -1.87. The van der Waals surface area contributed by atoms with Crippen molar-refractivity contribution in [3.8, 4) is 0 Å². The molecule has 4 nitrogen and oxygen atoms in total. The SMILES string of the molecule is O=[N+]([O-])c1ccc(CCBr)[nH]1. The van der Waals surface area contributed by atoms with Crippen molar-refractivity contribution in [2.75, 3.05) is 5.33 Å². The quantitative estimate of drug-likeness (QED) is 0.479. The summed E-state index contributed by atoms with van der Waals surface area (Å²) in [4.78, 5) is 12.4. The molecule has 11 heavy (non-hydrogen) atoms. The molecule has 0 spiro atoms. The molecule has 1 aromatic heterocycles. The number of alkyl halides is 1. The van der Waals surface area contributed by atoms with Crippen molar-refractivity contribution < 1.29 is 4.92 Å². The topological polar surface area (TPSA) is 58.9 Å².